The topological polar surface area (TPSA) is 96.0 Å². The predicted molar refractivity (Wildman–Crippen MR) is 163 cm³/mol. The van der Waals surface area contributed by atoms with Crippen molar-refractivity contribution >= 4 is 50.7 Å². The van der Waals surface area contributed by atoms with Crippen LogP contribution in [-0.2, 0) is 26.2 Å². The van der Waals surface area contributed by atoms with E-state index in [0.29, 0.717) is 27.8 Å². The molecule has 1 N–H and O–H groups in total. The number of sulfonamides is 1. The third kappa shape index (κ3) is 8.15. The Labute approximate surface area is 252 Å². The molecule has 220 valence electrons. The van der Waals surface area contributed by atoms with E-state index in [1.54, 1.807) is 61.5 Å². The second-order valence-electron chi connectivity index (χ2n) is 9.88. The molecule has 3 rings (SSSR count). The summed E-state index contributed by atoms with van der Waals surface area (Å²) in [5, 5.41) is 3.53. The molecule has 41 heavy (non-hydrogen) atoms. The van der Waals surface area contributed by atoms with Gasteiger partial charge in [0.25, 0.3) is 10.0 Å². The lowest BCUT2D eigenvalue weighted by atomic mass is 10.1. The van der Waals surface area contributed by atoms with E-state index in [0.717, 1.165) is 9.87 Å². The van der Waals surface area contributed by atoms with E-state index < -0.39 is 28.5 Å². The smallest absolute Gasteiger partial charge is 0.264 e. The molecule has 0 heterocycles. The van der Waals surface area contributed by atoms with Gasteiger partial charge in [0.15, 0.2) is 0 Å². The van der Waals surface area contributed by atoms with Crippen LogP contribution in [-0.4, -0.2) is 50.9 Å². The lowest BCUT2D eigenvalue weighted by Gasteiger charge is -2.33. The van der Waals surface area contributed by atoms with Crippen molar-refractivity contribution in [2.45, 2.75) is 57.6 Å². The Morgan fingerprint density at radius 2 is 1.59 bits per heavy atom. The number of nitrogens with zero attached hydrogens (tertiary/aromatic N) is 2. The van der Waals surface area contributed by atoms with Gasteiger partial charge in [0.1, 0.15) is 18.3 Å². The van der Waals surface area contributed by atoms with Gasteiger partial charge in [-0.1, -0.05) is 53.9 Å². The molecule has 0 saturated heterocycles. The molecule has 0 saturated carbocycles. The number of amides is 2. The largest absolute Gasteiger partial charge is 0.497 e. The van der Waals surface area contributed by atoms with Crippen molar-refractivity contribution in [3.63, 3.8) is 0 Å². The predicted octanol–water partition coefficient (Wildman–Crippen LogP) is 5.84. The molecule has 1 unspecified atom stereocenters. The highest BCUT2D eigenvalue weighted by molar-refractivity contribution is 7.92. The van der Waals surface area contributed by atoms with Crippen LogP contribution < -0.4 is 14.4 Å². The van der Waals surface area contributed by atoms with Gasteiger partial charge in [-0.15, -0.1) is 0 Å². The van der Waals surface area contributed by atoms with Crippen molar-refractivity contribution in [3.8, 4) is 5.75 Å². The van der Waals surface area contributed by atoms with E-state index in [1.165, 1.54) is 24.1 Å². The van der Waals surface area contributed by atoms with Gasteiger partial charge in [-0.05, 0) is 81.3 Å². The number of rotatable bonds is 12. The zero-order chi connectivity index (χ0) is 30.3. The van der Waals surface area contributed by atoms with Crippen LogP contribution in [0.2, 0.25) is 10.0 Å². The average Bonchev–Trinajstić information content (AvgIpc) is 2.93. The number of aryl methyl sites for hydroxylation is 1. The first-order valence-corrected chi connectivity index (χ1v) is 15.3. The van der Waals surface area contributed by atoms with Gasteiger partial charge < -0.3 is 15.0 Å². The van der Waals surface area contributed by atoms with Crippen LogP contribution in [0, 0.1) is 6.92 Å². The van der Waals surface area contributed by atoms with Crippen LogP contribution in [0.4, 0.5) is 5.69 Å². The normalized spacial score (nSPS) is 12.1. The molecule has 3 aromatic rings. The van der Waals surface area contributed by atoms with E-state index in [2.05, 4.69) is 5.32 Å². The van der Waals surface area contributed by atoms with Gasteiger partial charge in [0.2, 0.25) is 11.8 Å². The Balaban J connectivity index is 2.08. The summed E-state index contributed by atoms with van der Waals surface area (Å²) >= 11 is 12.3. The quantitative estimate of drug-likeness (QED) is 0.275. The van der Waals surface area contributed by atoms with Crippen LogP contribution in [0.1, 0.15) is 38.3 Å². The van der Waals surface area contributed by atoms with E-state index in [-0.39, 0.29) is 29.1 Å². The van der Waals surface area contributed by atoms with Crippen molar-refractivity contribution in [2.75, 3.05) is 18.0 Å². The van der Waals surface area contributed by atoms with E-state index >= 15 is 0 Å². The molecule has 3 aromatic carbocycles. The molecule has 0 aliphatic rings. The average molecular weight is 621 g/mol. The van der Waals surface area contributed by atoms with Gasteiger partial charge in [-0.25, -0.2) is 8.42 Å². The second kappa shape index (κ2) is 14.1. The van der Waals surface area contributed by atoms with Gasteiger partial charge in [0, 0.05) is 12.6 Å². The number of nitrogens with one attached hydrogen (secondary N) is 1. The number of hydrogen-bond acceptors (Lipinski definition) is 5. The summed E-state index contributed by atoms with van der Waals surface area (Å²) in [5.74, 6) is -0.368. The molecule has 0 spiro atoms. The lowest BCUT2D eigenvalue weighted by Crippen LogP contribution is -2.53. The molecule has 11 heteroatoms. The van der Waals surface area contributed by atoms with Crippen LogP contribution in [0.3, 0.4) is 0 Å². The van der Waals surface area contributed by atoms with Crippen molar-refractivity contribution in [3.05, 3.63) is 87.9 Å². The summed E-state index contributed by atoms with van der Waals surface area (Å²) in [5.41, 5.74) is 1.81. The molecule has 8 nitrogen and oxygen atoms in total. The monoisotopic (exact) mass is 619 g/mol. The number of carbonyl (C=O) groups is 2. The molecule has 1 atom stereocenters. The Bertz CT molecular complexity index is 1460. The van der Waals surface area contributed by atoms with Crippen molar-refractivity contribution in [1.82, 2.24) is 10.2 Å². The first-order chi connectivity index (χ1) is 19.4. The molecule has 0 aromatic heterocycles. The number of carbonyl (C=O) groups excluding carboxylic acids is 2. The fraction of sp³-hybridized carbons (Fsp3) is 0.333. The highest BCUT2D eigenvalue weighted by Crippen LogP contribution is 2.28. The molecule has 0 bridgehead atoms. The first kappa shape index (κ1) is 32.2. The van der Waals surface area contributed by atoms with Gasteiger partial charge in [0.05, 0.1) is 27.7 Å². The van der Waals surface area contributed by atoms with Crippen molar-refractivity contribution in [2.24, 2.45) is 0 Å². The van der Waals surface area contributed by atoms with Crippen molar-refractivity contribution < 1.29 is 22.7 Å². The third-order valence-electron chi connectivity index (χ3n) is 6.40. The van der Waals surface area contributed by atoms with Gasteiger partial charge in [-0.2, -0.15) is 0 Å². The fourth-order valence-electron chi connectivity index (χ4n) is 4.25. The number of benzene rings is 3. The minimum atomic E-state index is -4.17. The number of halogens is 2. The van der Waals surface area contributed by atoms with Crippen LogP contribution in [0.15, 0.2) is 71.6 Å². The Morgan fingerprint density at radius 1 is 0.951 bits per heavy atom. The number of anilines is 1. The number of hydrogen-bond donors (Lipinski definition) is 1. The summed E-state index contributed by atoms with van der Waals surface area (Å²) in [4.78, 5) is 28.7. The Hall–Kier alpha value is -3.27. The summed E-state index contributed by atoms with van der Waals surface area (Å²) in [6.07, 6.45) is 0.304. The number of ether oxygens (including phenoxy) is 1. The zero-order valence-corrected chi connectivity index (χ0v) is 26.1. The maximum absolute atomic E-state index is 14.1. The van der Waals surface area contributed by atoms with Gasteiger partial charge >= 0.3 is 0 Å². The molecular weight excluding hydrogens is 585 g/mol. The first-order valence-electron chi connectivity index (χ1n) is 13.1. The summed E-state index contributed by atoms with van der Waals surface area (Å²) < 4.78 is 34.1. The Morgan fingerprint density at radius 3 is 2.12 bits per heavy atom. The minimum absolute atomic E-state index is 0.0147. The van der Waals surface area contributed by atoms with E-state index in [1.807, 2.05) is 20.8 Å². The summed E-state index contributed by atoms with van der Waals surface area (Å²) in [6, 6.07) is 16.7. The van der Waals surface area contributed by atoms with E-state index in [4.69, 9.17) is 27.9 Å². The zero-order valence-electron chi connectivity index (χ0n) is 23.7. The van der Waals surface area contributed by atoms with Crippen LogP contribution in [0.5, 0.6) is 5.75 Å². The molecule has 0 radical (unpaired) electrons. The van der Waals surface area contributed by atoms with Crippen LogP contribution >= 0.6 is 23.2 Å². The maximum Gasteiger partial charge on any atom is 0.264 e. The minimum Gasteiger partial charge on any atom is -0.497 e. The Kier molecular flexibility index (Phi) is 11.1. The molecule has 2 amide bonds. The highest BCUT2D eigenvalue weighted by Gasteiger charge is 2.34. The second-order valence-corrected chi connectivity index (χ2v) is 12.6. The lowest BCUT2D eigenvalue weighted by molar-refractivity contribution is -0.140. The van der Waals surface area contributed by atoms with Crippen molar-refractivity contribution in [1.29, 1.82) is 0 Å². The molecular formula is C30H35Cl2N3O5S. The molecule has 0 fully saturated rings. The van der Waals surface area contributed by atoms with Gasteiger partial charge in [-0.3, -0.25) is 13.9 Å². The summed E-state index contributed by atoms with van der Waals surface area (Å²) in [7, 11) is -2.66. The van der Waals surface area contributed by atoms with Crippen LogP contribution in [0.25, 0.3) is 0 Å². The number of methoxy groups -OCH3 is 1. The highest BCUT2D eigenvalue weighted by atomic mass is 35.5. The third-order valence-corrected chi connectivity index (χ3v) is 8.93. The SMILES string of the molecule is CCC(C(=O)NC(C)C)N(Cc1ccc(Cl)c(Cl)c1)C(=O)CN(c1ccc(OC)cc1)S(=O)(=O)c1ccc(C)cc1. The van der Waals surface area contributed by atoms with E-state index in [9.17, 15) is 18.0 Å². The molecule has 0 aliphatic heterocycles. The standard InChI is InChI=1S/C30H35Cl2N3O5S/c1-6-28(30(37)33-20(2)3)34(18-22-9-16-26(31)27(32)17-22)29(36)19-35(23-10-12-24(40-5)13-11-23)41(38,39)25-14-7-21(4)8-15-25/h7-17,20,28H,6,18-19H2,1-5H3,(H,33,37). The fourth-order valence-corrected chi connectivity index (χ4v) is 5.98. The molecule has 0 aliphatic carbocycles. The maximum atomic E-state index is 14.1. The summed E-state index contributed by atoms with van der Waals surface area (Å²) in [6.45, 7) is 6.78.